The fourth-order valence-electron chi connectivity index (χ4n) is 1.98. The molecule has 0 saturated heterocycles. The number of anilines is 1. The lowest BCUT2D eigenvalue weighted by Gasteiger charge is -2.08. The molecule has 0 saturated carbocycles. The Morgan fingerprint density at radius 2 is 2.24 bits per heavy atom. The lowest BCUT2D eigenvalue weighted by Crippen LogP contribution is -2.04. The van der Waals surface area contributed by atoms with Crippen LogP contribution in [0.4, 0.5) is 11.4 Å². The number of unbranched alkanes of at least 4 members (excludes halogenated alkanes) is 1. The van der Waals surface area contributed by atoms with Crippen molar-refractivity contribution in [3.63, 3.8) is 0 Å². The van der Waals surface area contributed by atoms with Crippen molar-refractivity contribution < 1.29 is 9.66 Å². The fourth-order valence-corrected chi connectivity index (χ4v) is 1.98. The largest absolute Gasteiger partial charge is 0.496 e. The molecule has 0 fully saturated rings. The Balaban J connectivity index is 1.82. The summed E-state index contributed by atoms with van der Waals surface area (Å²) in [5.41, 5.74) is 0.721. The molecule has 0 aliphatic heterocycles. The lowest BCUT2D eigenvalue weighted by molar-refractivity contribution is -0.384. The number of nitrogens with zero attached hydrogens (tertiary/aromatic N) is 3. The molecule has 112 valence electrons. The molecule has 21 heavy (non-hydrogen) atoms. The SMILES string of the molecule is COc1cc(NCCCCn2ccnc2)cc([N+](=O)[O-])c1. The van der Waals surface area contributed by atoms with E-state index in [0.717, 1.165) is 25.9 Å². The van der Waals surface area contributed by atoms with E-state index in [1.165, 1.54) is 19.2 Å². The molecule has 0 aliphatic rings. The van der Waals surface area contributed by atoms with Crippen molar-refractivity contribution in [2.45, 2.75) is 19.4 Å². The zero-order valence-electron chi connectivity index (χ0n) is 11.9. The maximum atomic E-state index is 10.8. The van der Waals surface area contributed by atoms with E-state index in [2.05, 4.69) is 10.3 Å². The first kappa shape index (κ1) is 14.8. The number of rotatable bonds is 8. The van der Waals surface area contributed by atoms with Crippen molar-refractivity contribution in [3.8, 4) is 5.75 Å². The molecular weight excluding hydrogens is 272 g/mol. The minimum absolute atomic E-state index is 0.0234. The highest BCUT2D eigenvalue weighted by Crippen LogP contribution is 2.25. The number of nitro benzene ring substituents is 1. The van der Waals surface area contributed by atoms with Crippen LogP contribution in [0.15, 0.2) is 36.9 Å². The first-order valence-corrected chi connectivity index (χ1v) is 6.72. The first-order chi connectivity index (χ1) is 10.2. The van der Waals surface area contributed by atoms with Crippen LogP contribution in [0.2, 0.25) is 0 Å². The average Bonchev–Trinajstić information content (AvgIpc) is 2.99. The van der Waals surface area contributed by atoms with Gasteiger partial charge in [0.2, 0.25) is 0 Å². The highest BCUT2D eigenvalue weighted by Gasteiger charge is 2.09. The van der Waals surface area contributed by atoms with Crippen molar-refractivity contribution in [1.29, 1.82) is 0 Å². The third-order valence-electron chi connectivity index (χ3n) is 3.07. The second-order valence-corrected chi connectivity index (χ2v) is 4.61. The van der Waals surface area contributed by atoms with E-state index in [1.54, 1.807) is 18.6 Å². The highest BCUT2D eigenvalue weighted by atomic mass is 16.6. The molecule has 1 aromatic carbocycles. The van der Waals surface area contributed by atoms with Gasteiger partial charge in [0, 0.05) is 43.3 Å². The molecule has 7 nitrogen and oxygen atoms in total. The summed E-state index contributed by atoms with van der Waals surface area (Å²) in [5, 5.41) is 14.0. The van der Waals surface area contributed by atoms with Gasteiger partial charge in [0.15, 0.2) is 0 Å². The number of imidazole rings is 1. The number of hydrogen-bond donors (Lipinski definition) is 1. The van der Waals surface area contributed by atoms with E-state index >= 15 is 0 Å². The van der Waals surface area contributed by atoms with Crippen LogP contribution in [0.5, 0.6) is 5.75 Å². The number of benzene rings is 1. The maximum Gasteiger partial charge on any atom is 0.275 e. The second kappa shape index (κ2) is 7.28. The van der Waals surface area contributed by atoms with Gasteiger partial charge in [-0.05, 0) is 12.8 Å². The Bertz CT molecular complexity index is 584. The monoisotopic (exact) mass is 290 g/mol. The number of non-ortho nitro benzene ring substituents is 1. The summed E-state index contributed by atoms with van der Waals surface area (Å²) >= 11 is 0. The van der Waals surface area contributed by atoms with E-state index in [0.29, 0.717) is 11.4 Å². The zero-order chi connectivity index (χ0) is 15.1. The lowest BCUT2D eigenvalue weighted by atomic mass is 10.2. The molecule has 2 aromatic rings. The quantitative estimate of drug-likeness (QED) is 0.459. The van der Waals surface area contributed by atoms with Crippen LogP contribution >= 0.6 is 0 Å². The van der Waals surface area contributed by atoms with E-state index in [9.17, 15) is 10.1 Å². The summed E-state index contributed by atoms with van der Waals surface area (Å²) in [7, 11) is 1.49. The van der Waals surface area contributed by atoms with E-state index < -0.39 is 4.92 Å². The first-order valence-electron chi connectivity index (χ1n) is 6.72. The molecule has 0 unspecified atom stereocenters. The number of methoxy groups -OCH3 is 1. The predicted molar refractivity (Wildman–Crippen MR) is 79.6 cm³/mol. The third-order valence-corrected chi connectivity index (χ3v) is 3.07. The Morgan fingerprint density at radius 3 is 2.90 bits per heavy atom. The minimum atomic E-state index is -0.424. The van der Waals surface area contributed by atoms with Crippen molar-refractivity contribution in [2.24, 2.45) is 0 Å². The minimum Gasteiger partial charge on any atom is -0.496 e. The van der Waals surface area contributed by atoms with Crippen LogP contribution in [0.25, 0.3) is 0 Å². The molecule has 0 bridgehead atoms. The highest BCUT2D eigenvalue weighted by molar-refractivity contribution is 5.56. The molecule has 1 aromatic heterocycles. The van der Waals surface area contributed by atoms with Crippen molar-refractivity contribution in [1.82, 2.24) is 9.55 Å². The topological polar surface area (TPSA) is 82.2 Å². The fraction of sp³-hybridized carbons (Fsp3) is 0.357. The normalized spacial score (nSPS) is 10.3. The van der Waals surface area contributed by atoms with E-state index in [4.69, 9.17) is 4.74 Å². The summed E-state index contributed by atoms with van der Waals surface area (Å²) < 4.78 is 7.09. The van der Waals surface area contributed by atoms with E-state index in [1.807, 2.05) is 10.8 Å². The summed E-state index contributed by atoms with van der Waals surface area (Å²) in [5.74, 6) is 0.477. The van der Waals surface area contributed by atoms with E-state index in [-0.39, 0.29) is 5.69 Å². The van der Waals surface area contributed by atoms with Gasteiger partial charge in [-0.1, -0.05) is 0 Å². The van der Waals surface area contributed by atoms with Crippen LogP contribution in [-0.2, 0) is 6.54 Å². The Morgan fingerprint density at radius 1 is 1.38 bits per heavy atom. The molecule has 0 spiro atoms. The summed E-state index contributed by atoms with van der Waals surface area (Å²) in [6, 6.07) is 4.67. The van der Waals surface area contributed by atoms with Crippen LogP contribution in [0.3, 0.4) is 0 Å². The molecule has 1 heterocycles. The van der Waals surface area contributed by atoms with Crippen molar-refractivity contribution in [3.05, 3.63) is 47.0 Å². The van der Waals surface area contributed by atoms with Gasteiger partial charge >= 0.3 is 0 Å². The van der Waals surface area contributed by atoms with Crippen molar-refractivity contribution >= 4 is 11.4 Å². The maximum absolute atomic E-state index is 10.8. The summed E-state index contributed by atoms with van der Waals surface area (Å²) in [6.07, 6.45) is 7.45. The molecule has 0 atom stereocenters. The van der Waals surface area contributed by atoms with Gasteiger partial charge in [0.25, 0.3) is 5.69 Å². The molecule has 2 rings (SSSR count). The van der Waals surface area contributed by atoms with Gasteiger partial charge in [-0.15, -0.1) is 0 Å². The van der Waals surface area contributed by atoms with Crippen LogP contribution in [0, 0.1) is 10.1 Å². The molecule has 0 aliphatic carbocycles. The summed E-state index contributed by atoms with van der Waals surface area (Å²) in [6.45, 7) is 1.67. The average molecular weight is 290 g/mol. The van der Waals surface area contributed by atoms with Gasteiger partial charge in [0.1, 0.15) is 5.75 Å². The predicted octanol–water partition coefficient (Wildman–Crippen LogP) is 2.69. The third kappa shape index (κ3) is 4.48. The summed E-state index contributed by atoms with van der Waals surface area (Å²) in [4.78, 5) is 14.4. The van der Waals surface area contributed by atoms with Gasteiger partial charge < -0.3 is 14.6 Å². The molecule has 0 radical (unpaired) electrons. The van der Waals surface area contributed by atoms with Crippen LogP contribution in [-0.4, -0.2) is 28.1 Å². The number of aromatic nitrogens is 2. The molecule has 7 heteroatoms. The number of hydrogen-bond acceptors (Lipinski definition) is 5. The van der Waals surface area contributed by atoms with Crippen LogP contribution in [0.1, 0.15) is 12.8 Å². The standard InChI is InChI=1S/C14H18N4O3/c1-21-14-9-12(8-13(10-14)18(19)20)16-4-2-3-6-17-7-5-15-11-17/h5,7-11,16H,2-4,6H2,1H3. The Kier molecular flexibility index (Phi) is 5.14. The second-order valence-electron chi connectivity index (χ2n) is 4.61. The molecule has 1 N–H and O–H groups in total. The number of nitro groups is 1. The van der Waals surface area contributed by atoms with Gasteiger partial charge in [-0.3, -0.25) is 10.1 Å². The molecular formula is C14H18N4O3. The number of ether oxygens (including phenoxy) is 1. The molecule has 0 amide bonds. The zero-order valence-corrected chi connectivity index (χ0v) is 11.9. The van der Waals surface area contributed by atoms with Gasteiger partial charge in [0.05, 0.1) is 24.4 Å². The Labute approximate surface area is 122 Å². The number of nitrogens with one attached hydrogen (secondary N) is 1. The smallest absolute Gasteiger partial charge is 0.275 e. The Hall–Kier alpha value is -2.57. The van der Waals surface area contributed by atoms with Gasteiger partial charge in [-0.2, -0.15) is 0 Å². The van der Waals surface area contributed by atoms with Crippen LogP contribution < -0.4 is 10.1 Å². The number of aryl methyl sites for hydroxylation is 1. The van der Waals surface area contributed by atoms with Gasteiger partial charge in [-0.25, -0.2) is 4.98 Å². The van der Waals surface area contributed by atoms with Crippen molar-refractivity contribution in [2.75, 3.05) is 19.0 Å².